The maximum absolute atomic E-state index is 12.7. The predicted octanol–water partition coefficient (Wildman–Crippen LogP) is 4.60. The highest BCUT2D eigenvalue weighted by molar-refractivity contribution is 7.21. The summed E-state index contributed by atoms with van der Waals surface area (Å²) in [6, 6.07) is 15.7. The van der Waals surface area contributed by atoms with Crippen LogP contribution in [0.15, 0.2) is 48.5 Å². The van der Waals surface area contributed by atoms with Crippen molar-refractivity contribution < 1.29 is 9.53 Å². The summed E-state index contributed by atoms with van der Waals surface area (Å²) in [6.07, 6.45) is 0. The highest BCUT2D eigenvalue weighted by Crippen LogP contribution is 2.35. The molecule has 3 rings (SSSR count). The van der Waals surface area contributed by atoms with Crippen molar-refractivity contribution in [2.24, 2.45) is 0 Å². The molecule has 1 unspecified atom stereocenters. The van der Waals surface area contributed by atoms with E-state index in [0.717, 1.165) is 21.4 Å². The van der Waals surface area contributed by atoms with Gasteiger partial charge in [-0.05, 0) is 37.9 Å². The Morgan fingerprint density at radius 3 is 2.50 bits per heavy atom. The van der Waals surface area contributed by atoms with Crippen molar-refractivity contribution in [2.75, 3.05) is 27.7 Å². The van der Waals surface area contributed by atoms with Crippen molar-refractivity contribution in [3.63, 3.8) is 0 Å². The van der Waals surface area contributed by atoms with E-state index in [1.807, 2.05) is 62.6 Å². The standard InChI is InChI=1S/C20H21ClN2O2S/c1-23(2)16(13-8-10-14(25-3)11-9-13)12-22-20(24)19-18(21)15-6-4-5-7-17(15)26-19/h4-11,16H,12H2,1-3H3,(H,22,24). The van der Waals surface area contributed by atoms with Crippen molar-refractivity contribution in [1.29, 1.82) is 0 Å². The monoisotopic (exact) mass is 388 g/mol. The fourth-order valence-electron chi connectivity index (χ4n) is 2.85. The Morgan fingerprint density at radius 2 is 1.88 bits per heavy atom. The third-order valence-electron chi connectivity index (χ3n) is 4.32. The Hall–Kier alpha value is -2.08. The minimum atomic E-state index is -0.142. The van der Waals surface area contributed by atoms with Crippen LogP contribution in [-0.2, 0) is 0 Å². The molecule has 0 fully saturated rings. The molecule has 0 spiro atoms. The summed E-state index contributed by atoms with van der Waals surface area (Å²) in [5, 5.41) is 4.47. The second kappa shape index (κ2) is 8.08. The Labute approximate surface area is 162 Å². The lowest BCUT2D eigenvalue weighted by Crippen LogP contribution is -2.34. The maximum Gasteiger partial charge on any atom is 0.262 e. The number of likely N-dealkylation sites (N-methyl/N-ethyl adjacent to an activating group) is 1. The molecule has 1 amide bonds. The first kappa shape index (κ1) is 18.7. The first-order valence-corrected chi connectivity index (χ1v) is 9.46. The van der Waals surface area contributed by atoms with Crippen LogP contribution >= 0.6 is 22.9 Å². The van der Waals surface area contributed by atoms with Gasteiger partial charge in [0.05, 0.1) is 18.2 Å². The van der Waals surface area contributed by atoms with Crippen LogP contribution in [0.5, 0.6) is 5.75 Å². The molecule has 0 radical (unpaired) electrons. The van der Waals surface area contributed by atoms with Crippen molar-refractivity contribution in [3.05, 3.63) is 64.0 Å². The molecule has 3 aromatic rings. The molecule has 26 heavy (non-hydrogen) atoms. The molecule has 2 aromatic carbocycles. The molecule has 1 aromatic heterocycles. The third-order valence-corrected chi connectivity index (χ3v) is 6.00. The van der Waals surface area contributed by atoms with Gasteiger partial charge in [-0.2, -0.15) is 0 Å². The molecular formula is C20H21ClN2O2S. The van der Waals surface area contributed by atoms with Gasteiger partial charge in [0.25, 0.3) is 5.91 Å². The van der Waals surface area contributed by atoms with Crippen molar-refractivity contribution in [3.8, 4) is 5.75 Å². The fourth-order valence-corrected chi connectivity index (χ4v) is 4.29. The molecule has 0 aliphatic rings. The number of carbonyl (C=O) groups is 1. The molecule has 0 aliphatic heterocycles. The van der Waals surface area contributed by atoms with Gasteiger partial charge in [-0.25, -0.2) is 0 Å². The quantitative estimate of drug-likeness (QED) is 0.671. The van der Waals surface area contributed by atoms with E-state index < -0.39 is 0 Å². The second-order valence-electron chi connectivity index (χ2n) is 6.20. The number of nitrogens with one attached hydrogen (secondary N) is 1. The lowest BCUT2D eigenvalue weighted by Gasteiger charge is -2.25. The Bertz CT molecular complexity index is 906. The molecule has 1 atom stereocenters. The van der Waals surface area contributed by atoms with Crippen molar-refractivity contribution in [2.45, 2.75) is 6.04 Å². The zero-order valence-electron chi connectivity index (χ0n) is 15.0. The number of halogens is 1. The molecule has 6 heteroatoms. The second-order valence-corrected chi connectivity index (χ2v) is 7.63. The average Bonchev–Trinajstić information content (AvgIpc) is 2.99. The minimum absolute atomic E-state index is 0.0537. The van der Waals surface area contributed by atoms with E-state index in [1.54, 1.807) is 7.11 Å². The number of ether oxygens (including phenoxy) is 1. The van der Waals surface area contributed by atoms with E-state index in [9.17, 15) is 4.79 Å². The molecule has 0 saturated heterocycles. The summed E-state index contributed by atoms with van der Waals surface area (Å²) in [7, 11) is 5.63. The number of thiophene rings is 1. The minimum Gasteiger partial charge on any atom is -0.497 e. The number of hydrogen-bond acceptors (Lipinski definition) is 4. The number of hydrogen-bond donors (Lipinski definition) is 1. The Balaban J connectivity index is 1.75. The van der Waals surface area contributed by atoms with Gasteiger partial charge in [-0.3, -0.25) is 4.79 Å². The summed E-state index contributed by atoms with van der Waals surface area (Å²) in [4.78, 5) is 15.3. The lowest BCUT2D eigenvalue weighted by atomic mass is 10.1. The van der Waals surface area contributed by atoms with Crippen LogP contribution in [0.1, 0.15) is 21.3 Å². The van der Waals surface area contributed by atoms with Gasteiger partial charge in [0, 0.05) is 16.6 Å². The highest BCUT2D eigenvalue weighted by atomic mass is 35.5. The molecule has 0 aliphatic carbocycles. The van der Waals surface area contributed by atoms with E-state index in [4.69, 9.17) is 16.3 Å². The zero-order chi connectivity index (χ0) is 18.7. The summed E-state index contributed by atoms with van der Waals surface area (Å²) < 4.78 is 6.23. The predicted molar refractivity (Wildman–Crippen MR) is 109 cm³/mol. The number of methoxy groups -OCH3 is 1. The van der Waals surface area contributed by atoms with Gasteiger partial charge >= 0.3 is 0 Å². The number of fused-ring (bicyclic) bond motifs is 1. The van der Waals surface area contributed by atoms with Crippen LogP contribution in [0.3, 0.4) is 0 Å². The van der Waals surface area contributed by atoms with E-state index in [0.29, 0.717) is 16.4 Å². The number of carbonyl (C=O) groups excluding carboxylic acids is 1. The first-order valence-electron chi connectivity index (χ1n) is 8.27. The summed E-state index contributed by atoms with van der Waals surface area (Å²) in [6.45, 7) is 0.489. The topological polar surface area (TPSA) is 41.6 Å². The molecule has 1 heterocycles. The summed E-state index contributed by atoms with van der Waals surface area (Å²) in [5.41, 5.74) is 1.11. The number of amides is 1. The van der Waals surface area contributed by atoms with Gasteiger partial charge < -0.3 is 15.0 Å². The molecular weight excluding hydrogens is 368 g/mol. The maximum atomic E-state index is 12.7. The van der Waals surface area contributed by atoms with E-state index in [2.05, 4.69) is 10.2 Å². The number of nitrogens with zero attached hydrogens (tertiary/aromatic N) is 1. The summed E-state index contributed by atoms with van der Waals surface area (Å²) in [5.74, 6) is 0.670. The third kappa shape index (κ3) is 3.85. The van der Waals surface area contributed by atoms with Crippen LogP contribution < -0.4 is 10.1 Å². The normalized spacial score (nSPS) is 12.3. The van der Waals surface area contributed by atoms with E-state index in [1.165, 1.54) is 11.3 Å². The highest BCUT2D eigenvalue weighted by Gasteiger charge is 2.20. The van der Waals surface area contributed by atoms with Gasteiger partial charge in [0.1, 0.15) is 10.6 Å². The zero-order valence-corrected chi connectivity index (χ0v) is 16.5. The Morgan fingerprint density at radius 1 is 1.19 bits per heavy atom. The van der Waals surface area contributed by atoms with Gasteiger partial charge in [-0.1, -0.05) is 41.9 Å². The molecule has 136 valence electrons. The fraction of sp³-hybridized carbons (Fsp3) is 0.250. The van der Waals surface area contributed by atoms with Crippen LogP contribution in [0.4, 0.5) is 0 Å². The van der Waals surface area contributed by atoms with Crippen LogP contribution in [0, 0.1) is 0 Å². The SMILES string of the molecule is COc1ccc(C(CNC(=O)c2sc3ccccc3c2Cl)N(C)C)cc1. The lowest BCUT2D eigenvalue weighted by molar-refractivity contribution is 0.0946. The molecule has 1 N–H and O–H groups in total. The summed E-state index contributed by atoms with van der Waals surface area (Å²) >= 11 is 7.82. The van der Waals surface area contributed by atoms with Gasteiger partial charge in [0.2, 0.25) is 0 Å². The van der Waals surface area contributed by atoms with Crippen LogP contribution in [-0.4, -0.2) is 38.6 Å². The largest absolute Gasteiger partial charge is 0.497 e. The van der Waals surface area contributed by atoms with Gasteiger partial charge in [0.15, 0.2) is 0 Å². The molecule has 0 bridgehead atoms. The Kier molecular flexibility index (Phi) is 5.81. The van der Waals surface area contributed by atoms with Crippen molar-refractivity contribution >= 4 is 38.9 Å². The number of benzene rings is 2. The first-order chi connectivity index (χ1) is 12.5. The molecule has 0 saturated carbocycles. The van der Waals surface area contributed by atoms with Crippen LogP contribution in [0.2, 0.25) is 5.02 Å². The number of rotatable bonds is 6. The van der Waals surface area contributed by atoms with E-state index >= 15 is 0 Å². The van der Waals surface area contributed by atoms with Crippen LogP contribution in [0.25, 0.3) is 10.1 Å². The van der Waals surface area contributed by atoms with Crippen molar-refractivity contribution in [1.82, 2.24) is 10.2 Å². The molecule has 4 nitrogen and oxygen atoms in total. The van der Waals surface area contributed by atoms with E-state index in [-0.39, 0.29) is 11.9 Å². The van der Waals surface area contributed by atoms with Gasteiger partial charge in [-0.15, -0.1) is 11.3 Å². The smallest absolute Gasteiger partial charge is 0.262 e. The average molecular weight is 389 g/mol.